The predicted octanol–water partition coefficient (Wildman–Crippen LogP) is 4.65. The number of nitrogens with zero attached hydrogens (tertiary/aromatic N) is 1. The van der Waals surface area contributed by atoms with Gasteiger partial charge in [0.2, 0.25) is 0 Å². The number of fused-ring (bicyclic) bond motifs is 1. The molecule has 0 spiro atoms. The molecule has 31 heavy (non-hydrogen) atoms. The average molecular weight is 452 g/mol. The van der Waals surface area contributed by atoms with Gasteiger partial charge in [0.25, 0.3) is 5.91 Å². The Morgan fingerprint density at radius 3 is 2.52 bits per heavy atom. The summed E-state index contributed by atoms with van der Waals surface area (Å²) in [7, 11) is 0. The van der Waals surface area contributed by atoms with E-state index in [0.29, 0.717) is 21.8 Å². The second-order valence-corrected chi connectivity index (χ2v) is 8.57. The molecule has 1 aromatic heterocycles. The number of amides is 3. The summed E-state index contributed by atoms with van der Waals surface area (Å²) in [5.74, 6) is -0.502. The second kappa shape index (κ2) is 9.17. The van der Waals surface area contributed by atoms with Crippen molar-refractivity contribution in [2.75, 3.05) is 5.32 Å². The summed E-state index contributed by atoms with van der Waals surface area (Å²) >= 11 is -0.721. The zero-order valence-corrected chi connectivity index (χ0v) is 17.7. The lowest BCUT2D eigenvalue weighted by atomic mass is 9.99. The Morgan fingerprint density at radius 1 is 1.00 bits per heavy atom. The van der Waals surface area contributed by atoms with Gasteiger partial charge in [-0.15, -0.1) is 0 Å². The Hall–Kier alpha value is -3.40. The number of hydrogen-bond acceptors (Lipinski definition) is 5. The number of anilines is 1. The molecule has 0 aliphatic rings. The first-order chi connectivity index (χ1) is 15.0. The van der Waals surface area contributed by atoms with Crippen molar-refractivity contribution in [1.29, 1.82) is 0 Å². The standard InChI is InChI=1S/C22H17N3O4S2/c26-20(17-9-5-4-8-16(17)15-6-2-1-3-7-15)24-21(27)25-22-23-18-11-10-14(13-31(28)29)12-19(18)30-22/h1-12H,13H2,(H,28,29)(H2,23,24,25,26,27). The van der Waals surface area contributed by atoms with Crippen LogP contribution in [0.5, 0.6) is 0 Å². The number of urea groups is 1. The van der Waals surface area contributed by atoms with Crippen molar-refractivity contribution >= 4 is 49.7 Å². The molecule has 156 valence electrons. The maximum atomic E-state index is 12.7. The molecular weight excluding hydrogens is 434 g/mol. The highest BCUT2D eigenvalue weighted by Crippen LogP contribution is 2.27. The molecule has 7 nitrogen and oxygen atoms in total. The van der Waals surface area contributed by atoms with Crippen LogP contribution < -0.4 is 10.6 Å². The Balaban J connectivity index is 1.48. The molecule has 1 unspecified atom stereocenters. The van der Waals surface area contributed by atoms with E-state index in [-0.39, 0.29) is 5.75 Å². The van der Waals surface area contributed by atoms with Crippen LogP contribution in [-0.2, 0) is 16.8 Å². The molecule has 4 aromatic rings. The Kier molecular flexibility index (Phi) is 6.17. The summed E-state index contributed by atoms with van der Waals surface area (Å²) in [6, 6.07) is 21.0. The molecule has 0 fully saturated rings. The number of nitrogens with one attached hydrogen (secondary N) is 2. The fourth-order valence-electron chi connectivity index (χ4n) is 3.10. The highest BCUT2D eigenvalue weighted by molar-refractivity contribution is 7.78. The molecule has 0 aliphatic carbocycles. The zero-order valence-electron chi connectivity index (χ0n) is 16.1. The number of aromatic nitrogens is 1. The predicted molar refractivity (Wildman–Crippen MR) is 122 cm³/mol. The van der Waals surface area contributed by atoms with Crippen LogP contribution in [0.3, 0.4) is 0 Å². The normalized spacial score (nSPS) is 11.8. The van der Waals surface area contributed by atoms with E-state index in [4.69, 9.17) is 4.55 Å². The number of rotatable bonds is 5. The number of imide groups is 1. The summed E-state index contributed by atoms with van der Waals surface area (Å²) in [6.45, 7) is 0. The van der Waals surface area contributed by atoms with Gasteiger partial charge in [0.15, 0.2) is 16.2 Å². The maximum absolute atomic E-state index is 12.7. The topological polar surface area (TPSA) is 108 Å². The molecule has 3 aromatic carbocycles. The minimum Gasteiger partial charge on any atom is -0.306 e. The van der Waals surface area contributed by atoms with Crippen LogP contribution in [0.15, 0.2) is 72.8 Å². The second-order valence-electron chi connectivity index (χ2n) is 6.61. The van der Waals surface area contributed by atoms with Gasteiger partial charge in [-0.2, -0.15) is 0 Å². The first kappa shape index (κ1) is 20.9. The minimum atomic E-state index is -1.94. The fourth-order valence-corrected chi connectivity index (χ4v) is 4.49. The van der Waals surface area contributed by atoms with E-state index in [1.165, 1.54) is 11.3 Å². The van der Waals surface area contributed by atoms with Gasteiger partial charge in [-0.25, -0.2) is 14.0 Å². The molecule has 0 saturated carbocycles. The molecule has 0 bridgehead atoms. The largest absolute Gasteiger partial charge is 0.327 e. The van der Waals surface area contributed by atoms with Crippen LogP contribution >= 0.6 is 11.3 Å². The van der Waals surface area contributed by atoms with Crippen molar-refractivity contribution < 1.29 is 18.4 Å². The van der Waals surface area contributed by atoms with E-state index >= 15 is 0 Å². The molecule has 0 saturated heterocycles. The number of carbonyl (C=O) groups excluding carboxylic acids is 2. The Morgan fingerprint density at radius 2 is 1.74 bits per heavy atom. The lowest BCUT2D eigenvalue weighted by Crippen LogP contribution is -2.34. The van der Waals surface area contributed by atoms with E-state index in [9.17, 15) is 13.8 Å². The van der Waals surface area contributed by atoms with E-state index in [1.807, 2.05) is 42.5 Å². The van der Waals surface area contributed by atoms with Crippen LogP contribution in [0.1, 0.15) is 15.9 Å². The van der Waals surface area contributed by atoms with Crippen molar-refractivity contribution in [1.82, 2.24) is 10.3 Å². The minimum absolute atomic E-state index is 0.0203. The van der Waals surface area contributed by atoms with E-state index in [1.54, 1.807) is 30.3 Å². The molecule has 1 atom stereocenters. The van der Waals surface area contributed by atoms with Gasteiger partial charge in [0.1, 0.15) is 0 Å². The molecule has 0 aliphatic heterocycles. The highest BCUT2D eigenvalue weighted by Gasteiger charge is 2.16. The van der Waals surface area contributed by atoms with Crippen LogP contribution in [0, 0.1) is 0 Å². The van der Waals surface area contributed by atoms with E-state index in [0.717, 1.165) is 15.8 Å². The monoisotopic (exact) mass is 451 g/mol. The Bertz CT molecular complexity index is 1290. The van der Waals surface area contributed by atoms with Crippen LogP contribution in [0.2, 0.25) is 0 Å². The highest BCUT2D eigenvalue weighted by atomic mass is 32.2. The smallest absolute Gasteiger partial charge is 0.306 e. The lowest BCUT2D eigenvalue weighted by Gasteiger charge is -2.09. The van der Waals surface area contributed by atoms with Crippen LogP contribution in [0.25, 0.3) is 21.3 Å². The van der Waals surface area contributed by atoms with Crippen molar-refractivity contribution in [2.24, 2.45) is 0 Å². The summed E-state index contributed by atoms with van der Waals surface area (Å²) in [5, 5.41) is 5.24. The van der Waals surface area contributed by atoms with Crippen molar-refractivity contribution in [3.8, 4) is 11.1 Å². The first-order valence-electron chi connectivity index (χ1n) is 9.23. The summed E-state index contributed by atoms with van der Waals surface area (Å²) < 4.78 is 20.8. The van der Waals surface area contributed by atoms with Gasteiger partial charge >= 0.3 is 6.03 Å². The SMILES string of the molecule is O=C(NC(=O)c1ccccc1-c1ccccc1)Nc1nc2ccc(CS(=O)O)cc2s1. The number of hydrogen-bond donors (Lipinski definition) is 3. The third-order valence-electron chi connectivity index (χ3n) is 4.45. The average Bonchev–Trinajstić information content (AvgIpc) is 3.15. The molecule has 4 rings (SSSR count). The van der Waals surface area contributed by atoms with E-state index in [2.05, 4.69) is 15.6 Å². The van der Waals surface area contributed by atoms with Gasteiger partial charge < -0.3 is 4.55 Å². The molecule has 9 heteroatoms. The van der Waals surface area contributed by atoms with Crippen LogP contribution in [0.4, 0.5) is 9.93 Å². The van der Waals surface area contributed by atoms with Gasteiger partial charge in [-0.3, -0.25) is 15.4 Å². The maximum Gasteiger partial charge on any atom is 0.327 e. The third kappa shape index (κ3) is 5.02. The summed E-state index contributed by atoms with van der Waals surface area (Å²) in [5.41, 5.74) is 3.32. The zero-order chi connectivity index (χ0) is 21.8. The first-order valence-corrected chi connectivity index (χ1v) is 11.3. The number of carbonyl (C=O) groups is 2. The van der Waals surface area contributed by atoms with Crippen molar-refractivity contribution in [3.63, 3.8) is 0 Å². The van der Waals surface area contributed by atoms with E-state index < -0.39 is 23.0 Å². The molecule has 1 heterocycles. The van der Waals surface area contributed by atoms with Crippen LogP contribution in [-0.4, -0.2) is 25.7 Å². The molecular formula is C22H17N3O4S2. The molecule has 3 N–H and O–H groups in total. The summed E-state index contributed by atoms with van der Waals surface area (Å²) in [4.78, 5) is 29.4. The van der Waals surface area contributed by atoms with Gasteiger partial charge in [-0.1, -0.05) is 65.9 Å². The Labute approximate surface area is 184 Å². The van der Waals surface area contributed by atoms with Crippen molar-refractivity contribution in [3.05, 3.63) is 83.9 Å². The lowest BCUT2D eigenvalue weighted by molar-refractivity contribution is 0.0967. The van der Waals surface area contributed by atoms with Gasteiger partial charge in [0.05, 0.1) is 16.0 Å². The van der Waals surface area contributed by atoms with Gasteiger partial charge in [0, 0.05) is 5.56 Å². The molecule has 0 radical (unpaired) electrons. The molecule has 3 amide bonds. The quantitative estimate of drug-likeness (QED) is 0.383. The number of thiazole rings is 1. The fraction of sp³-hybridized carbons (Fsp3) is 0.0455. The van der Waals surface area contributed by atoms with Crippen molar-refractivity contribution in [2.45, 2.75) is 5.75 Å². The number of benzene rings is 3. The van der Waals surface area contributed by atoms with Gasteiger partial charge in [-0.05, 0) is 34.9 Å². The summed E-state index contributed by atoms with van der Waals surface area (Å²) in [6.07, 6.45) is 0. The third-order valence-corrected chi connectivity index (χ3v) is 5.96.